The molecule has 0 aliphatic carbocycles. The van der Waals surface area contributed by atoms with Crippen molar-refractivity contribution in [3.8, 4) is 0 Å². The average molecular weight is 325 g/mol. The zero-order chi connectivity index (χ0) is 16.9. The van der Waals surface area contributed by atoms with E-state index in [1.807, 2.05) is 13.0 Å². The van der Waals surface area contributed by atoms with Crippen LogP contribution in [0, 0.1) is 17.0 Å². The number of pyridine rings is 1. The highest BCUT2D eigenvalue weighted by Gasteiger charge is 2.14. The number of aryl methyl sites for hydroxylation is 1. The van der Waals surface area contributed by atoms with Gasteiger partial charge in [0.2, 0.25) is 5.82 Å². The molecule has 0 bridgehead atoms. The summed E-state index contributed by atoms with van der Waals surface area (Å²) < 4.78 is 0. The minimum absolute atomic E-state index is 0.101. The lowest BCUT2D eigenvalue weighted by atomic mass is 10.1. The summed E-state index contributed by atoms with van der Waals surface area (Å²) >= 11 is 0. The summed E-state index contributed by atoms with van der Waals surface area (Å²) in [7, 11) is 0. The Morgan fingerprint density at radius 2 is 2.12 bits per heavy atom. The summed E-state index contributed by atoms with van der Waals surface area (Å²) in [6.07, 6.45) is 5.63. The first-order valence-electron chi connectivity index (χ1n) is 7.89. The van der Waals surface area contributed by atoms with Gasteiger partial charge in [-0.15, -0.1) is 0 Å². The Balaban J connectivity index is 1.72. The number of nitrogens with zero attached hydrogens (tertiary/aromatic N) is 4. The number of hydrazone groups is 1. The van der Waals surface area contributed by atoms with Crippen molar-refractivity contribution in [2.45, 2.75) is 19.8 Å². The van der Waals surface area contributed by atoms with Gasteiger partial charge in [-0.2, -0.15) is 5.10 Å². The zero-order valence-electron chi connectivity index (χ0n) is 13.5. The first-order valence-corrected chi connectivity index (χ1v) is 7.89. The third-order valence-corrected chi connectivity index (χ3v) is 4.08. The Hall–Kier alpha value is -2.96. The minimum atomic E-state index is -0.485. The average Bonchev–Trinajstić information content (AvgIpc) is 3.11. The molecular formula is C17H19N5O2. The highest BCUT2D eigenvalue weighted by molar-refractivity contribution is 5.83. The van der Waals surface area contributed by atoms with Crippen LogP contribution in [-0.2, 0) is 0 Å². The molecule has 1 aliphatic heterocycles. The molecule has 0 radical (unpaired) electrons. The summed E-state index contributed by atoms with van der Waals surface area (Å²) in [4.78, 5) is 16.8. The van der Waals surface area contributed by atoms with Crippen molar-refractivity contribution in [2.24, 2.45) is 5.10 Å². The van der Waals surface area contributed by atoms with Crippen LogP contribution in [0.15, 0.2) is 41.6 Å². The van der Waals surface area contributed by atoms with Crippen LogP contribution in [0.25, 0.3) is 0 Å². The van der Waals surface area contributed by atoms with Crippen molar-refractivity contribution in [2.75, 3.05) is 23.4 Å². The number of hydrogen-bond acceptors (Lipinski definition) is 6. The number of nitrogens with one attached hydrogen (secondary N) is 1. The molecule has 7 heteroatoms. The van der Waals surface area contributed by atoms with Gasteiger partial charge in [-0.25, -0.2) is 4.98 Å². The van der Waals surface area contributed by atoms with E-state index in [0.29, 0.717) is 0 Å². The number of hydrogen-bond donors (Lipinski definition) is 1. The lowest BCUT2D eigenvalue weighted by Crippen LogP contribution is -2.17. The molecular weight excluding hydrogens is 306 g/mol. The second-order valence-corrected chi connectivity index (χ2v) is 5.73. The van der Waals surface area contributed by atoms with Gasteiger partial charge in [0.1, 0.15) is 0 Å². The van der Waals surface area contributed by atoms with Crippen molar-refractivity contribution in [1.29, 1.82) is 0 Å². The number of aromatic nitrogens is 1. The standard InChI is InChI=1S/C17H19N5O2/c1-13-11-15(21-9-2-3-10-21)7-6-14(13)12-19-20-17-16(22(23)24)5-4-8-18-17/h4-8,11-12H,2-3,9-10H2,1H3,(H,18,20). The third-order valence-electron chi connectivity index (χ3n) is 4.08. The molecule has 1 saturated heterocycles. The first-order chi connectivity index (χ1) is 11.6. The van der Waals surface area contributed by atoms with Crippen LogP contribution in [0.3, 0.4) is 0 Å². The molecule has 1 N–H and O–H groups in total. The minimum Gasteiger partial charge on any atom is -0.372 e. The Morgan fingerprint density at radius 1 is 1.33 bits per heavy atom. The van der Waals surface area contributed by atoms with E-state index in [4.69, 9.17) is 0 Å². The molecule has 1 fully saturated rings. The van der Waals surface area contributed by atoms with E-state index in [9.17, 15) is 10.1 Å². The molecule has 1 aliphatic rings. The summed E-state index contributed by atoms with van der Waals surface area (Å²) in [5.74, 6) is 0.130. The molecule has 0 spiro atoms. The summed E-state index contributed by atoms with van der Waals surface area (Å²) in [6.45, 7) is 4.25. The van der Waals surface area contributed by atoms with Crippen LogP contribution in [0.2, 0.25) is 0 Å². The second kappa shape index (κ2) is 7.08. The molecule has 0 atom stereocenters. The van der Waals surface area contributed by atoms with E-state index in [1.165, 1.54) is 36.9 Å². The Morgan fingerprint density at radius 3 is 2.83 bits per heavy atom. The van der Waals surface area contributed by atoms with Crippen molar-refractivity contribution >= 4 is 23.4 Å². The lowest BCUT2D eigenvalue weighted by molar-refractivity contribution is -0.384. The van der Waals surface area contributed by atoms with Gasteiger partial charge < -0.3 is 4.90 Å². The molecule has 0 saturated carbocycles. The SMILES string of the molecule is Cc1cc(N2CCCC2)ccc1C=NNc1ncccc1[N+](=O)[O-]. The monoisotopic (exact) mass is 325 g/mol. The predicted octanol–water partition coefficient (Wildman–Crippen LogP) is 3.34. The topological polar surface area (TPSA) is 83.7 Å². The van der Waals surface area contributed by atoms with E-state index >= 15 is 0 Å². The molecule has 24 heavy (non-hydrogen) atoms. The number of anilines is 2. The number of rotatable bonds is 5. The van der Waals surface area contributed by atoms with Gasteiger partial charge in [0.25, 0.3) is 0 Å². The Labute approximate surface area is 140 Å². The first kappa shape index (κ1) is 15.9. The van der Waals surface area contributed by atoms with Crippen LogP contribution in [0.5, 0.6) is 0 Å². The molecule has 2 heterocycles. The van der Waals surface area contributed by atoms with Crippen LogP contribution in [0.4, 0.5) is 17.2 Å². The van der Waals surface area contributed by atoms with Gasteiger partial charge in [-0.05, 0) is 49.1 Å². The molecule has 1 aromatic heterocycles. The summed E-state index contributed by atoms with van der Waals surface area (Å²) in [5.41, 5.74) is 5.85. The van der Waals surface area contributed by atoms with Crippen molar-refractivity contribution in [3.63, 3.8) is 0 Å². The van der Waals surface area contributed by atoms with E-state index in [1.54, 1.807) is 6.21 Å². The van der Waals surface area contributed by atoms with Crippen LogP contribution in [0.1, 0.15) is 24.0 Å². The van der Waals surface area contributed by atoms with Crippen molar-refractivity contribution in [1.82, 2.24) is 4.98 Å². The number of benzene rings is 1. The lowest BCUT2D eigenvalue weighted by Gasteiger charge is -2.18. The van der Waals surface area contributed by atoms with Gasteiger partial charge >= 0.3 is 5.69 Å². The smallest absolute Gasteiger partial charge is 0.313 e. The normalized spacial score (nSPS) is 14.3. The largest absolute Gasteiger partial charge is 0.372 e. The molecule has 7 nitrogen and oxygen atoms in total. The predicted molar refractivity (Wildman–Crippen MR) is 94.7 cm³/mol. The fourth-order valence-electron chi connectivity index (χ4n) is 2.77. The maximum absolute atomic E-state index is 10.9. The molecule has 2 aromatic rings. The molecule has 0 unspecified atom stereocenters. The summed E-state index contributed by atoms with van der Waals surface area (Å²) in [5, 5.41) is 15.0. The van der Waals surface area contributed by atoms with E-state index in [0.717, 1.165) is 24.2 Å². The van der Waals surface area contributed by atoms with Crippen LogP contribution in [-0.4, -0.2) is 29.2 Å². The van der Waals surface area contributed by atoms with Crippen molar-refractivity contribution in [3.05, 3.63) is 57.8 Å². The van der Waals surface area contributed by atoms with Crippen molar-refractivity contribution < 1.29 is 4.92 Å². The van der Waals surface area contributed by atoms with Crippen LogP contribution >= 0.6 is 0 Å². The third kappa shape index (κ3) is 3.51. The fourth-order valence-corrected chi connectivity index (χ4v) is 2.77. The van der Waals surface area contributed by atoms with E-state index < -0.39 is 4.92 Å². The highest BCUT2D eigenvalue weighted by Crippen LogP contribution is 2.23. The molecule has 3 rings (SSSR count). The van der Waals surface area contributed by atoms with E-state index in [-0.39, 0.29) is 11.5 Å². The summed E-state index contributed by atoms with van der Waals surface area (Å²) in [6, 6.07) is 9.16. The number of nitro groups is 1. The van der Waals surface area contributed by atoms with Crippen LogP contribution < -0.4 is 10.3 Å². The molecule has 0 amide bonds. The van der Waals surface area contributed by atoms with Gasteiger partial charge in [-0.1, -0.05) is 6.07 Å². The van der Waals surface area contributed by atoms with Gasteiger partial charge in [0.15, 0.2) is 0 Å². The zero-order valence-corrected chi connectivity index (χ0v) is 13.5. The maximum atomic E-state index is 10.9. The van der Waals surface area contributed by atoms with E-state index in [2.05, 4.69) is 32.5 Å². The quantitative estimate of drug-likeness (QED) is 0.518. The van der Waals surface area contributed by atoms with Gasteiger partial charge in [-0.3, -0.25) is 15.5 Å². The Bertz CT molecular complexity index is 769. The second-order valence-electron chi connectivity index (χ2n) is 5.73. The Kier molecular flexibility index (Phi) is 4.69. The molecule has 124 valence electrons. The highest BCUT2D eigenvalue weighted by atomic mass is 16.6. The molecule has 1 aromatic carbocycles. The van der Waals surface area contributed by atoms with Gasteiger partial charge in [0, 0.05) is 31.0 Å². The maximum Gasteiger partial charge on any atom is 0.313 e. The van der Waals surface area contributed by atoms with Gasteiger partial charge in [0.05, 0.1) is 11.1 Å². The fraction of sp³-hybridized carbons (Fsp3) is 0.294.